The fraction of sp³-hybridized carbons (Fsp3) is 0.143. The van der Waals surface area contributed by atoms with E-state index in [4.69, 9.17) is 0 Å². The fourth-order valence-electron chi connectivity index (χ4n) is 5.86. The van der Waals surface area contributed by atoms with Gasteiger partial charge in [-0.1, -0.05) is 0 Å². The second-order valence-electron chi connectivity index (χ2n) is 8.87. The van der Waals surface area contributed by atoms with Crippen LogP contribution in [0.4, 0.5) is 0 Å². The van der Waals surface area contributed by atoms with Crippen LogP contribution in [0.2, 0.25) is 13.1 Å². The van der Waals surface area contributed by atoms with Crippen LogP contribution in [0.15, 0.2) is 97.1 Å². The van der Waals surface area contributed by atoms with E-state index in [0.717, 1.165) is 0 Å². The molecule has 0 spiro atoms. The summed E-state index contributed by atoms with van der Waals surface area (Å²) in [5.41, 5.74) is 12.5. The van der Waals surface area contributed by atoms with Crippen molar-refractivity contribution in [1.82, 2.24) is 0 Å². The molecule has 6 rings (SSSR count). The Labute approximate surface area is 212 Å². The number of rotatable bonds is 3. The van der Waals surface area contributed by atoms with E-state index in [0.29, 0.717) is 7.35 Å². The Morgan fingerprint density at radius 1 is 0.469 bits per heavy atom. The zero-order chi connectivity index (χ0) is 20.2. The molecule has 4 aromatic rings. The second-order valence-corrected chi connectivity index (χ2v) is 36.8. The van der Waals surface area contributed by atoms with Gasteiger partial charge in [-0.05, 0) is 0 Å². The van der Waals surface area contributed by atoms with E-state index in [-0.39, 0.29) is 24.8 Å². The quantitative estimate of drug-likeness (QED) is 0.296. The standard InChI is InChI=1S/2C13H9.C2H7Si.2ClH.Hf/c2*1-3-7-12-10(5-1)9-11-6-2-4-8-13(11)12;1-3-2;;;/h2*1-9H;3H,1-2H3;2*1H;/q;;;;;+2/p-2. The van der Waals surface area contributed by atoms with Gasteiger partial charge in [0, 0.05) is 0 Å². The molecule has 2 aliphatic carbocycles. The van der Waals surface area contributed by atoms with Gasteiger partial charge >= 0.3 is 189 Å². The van der Waals surface area contributed by atoms with E-state index in [2.05, 4.69) is 110 Å². The topological polar surface area (TPSA) is 0 Å². The summed E-state index contributed by atoms with van der Waals surface area (Å²) in [4.78, 5) is 0. The van der Waals surface area contributed by atoms with Gasteiger partial charge in [0.05, 0.1) is 0 Å². The van der Waals surface area contributed by atoms with Gasteiger partial charge in [0.25, 0.3) is 0 Å². The first-order valence-electron chi connectivity index (χ1n) is 11.0. The summed E-state index contributed by atoms with van der Waals surface area (Å²) in [6, 6.07) is 37.1. The third kappa shape index (κ3) is 3.51. The molecule has 0 heterocycles. The second kappa shape index (κ2) is 9.42. The predicted molar refractivity (Wildman–Crippen MR) is 126 cm³/mol. The zero-order valence-corrected chi connectivity index (χ0v) is 24.5. The van der Waals surface area contributed by atoms with Gasteiger partial charge in [0.15, 0.2) is 0 Å². The van der Waals surface area contributed by atoms with Crippen LogP contribution >= 0.6 is 0 Å². The Bertz CT molecular complexity index is 1080. The average molecular weight is 639 g/mol. The molecule has 32 heavy (non-hydrogen) atoms. The first kappa shape index (κ1) is 23.7. The Hall–Kier alpha value is -1.45. The van der Waals surface area contributed by atoms with Gasteiger partial charge in [0.2, 0.25) is 0 Å². The van der Waals surface area contributed by atoms with Crippen molar-refractivity contribution in [2.75, 3.05) is 0 Å². The Morgan fingerprint density at radius 3 is 0.969 bits per heavy atom. The summed E-state index contributed by atoms with van der Waals surface area (Å²) in [5, 5.41) is 0. The van der Waals surface area contributed by atoms with Crippen LogP contribution in [-0.4, -0.2) is 5.98 Å². The van der Waals surface area contributed by atoms with Crippen LogP contribution in [0.3, 0.4) is 0 Å². The minimum atomic E-state index is -2.21. The molecule has 0 unspecified atom stereocenters. The number of fused-ring (bicyclic) bond motifs is 6. The molecule has 4 aromatic carbocycles. The summed E-state index contributed by atoms with van der Waals surface area (Å²) in [6.07, 6.45) is 0. The smallest absolute Gasteiger partial charge is 1.00 e. The maximum Gasteiger partial charge on any atom is -1.00 e. The number of hydrogen-bond acceptors (Lipinski definition) is 0. The predicted octanol–water partition coefficient (Wildman–Crippen LogP) is 1.14. The first-order valence-corrected chi connectivity index (χ1v) is 24.2. The van der Waals surface area contributed by atoms with Crippen LogP contribution in [-0.2, 0) is 20.6 Å². The van der Waals surface area contributed by atoms with Gasteiger partial charge in [-0.3, -0.25) is 0 Å². The summed E-state index contributed by atoms with van der Waals surface area (Å²) in [7, 11) is 0. The first-order chi connectivity index (χ1) is 14.8. The number of hydrogen-bond donors (Lipinski definition) is 0. The molecule has 0 aliphatic heterocycles. The maximum atomic E-state index is 2.65. The zero-order valence-electron chi connectivity index (χ0n) is 18.2. The molecule has 2 aliphatic rings. The minimum absolute atomic E-state index is 0. The minimum Gasteiger partial charge on any atom is -1.00 e. The molecular formula is C28H25Cl2HfSi. The normalized spacial score (nSPS) is 13.5. The summed E-state index contributed by atoms with van der Waals surface area (Å²) in [5.74, 6) is -0.814. The molecule has 0 atom stereocenters. The molecule has 0 amide bonds. The molecule has 0 aromatic heterocycles. The van der Waals surface area contributed by atoms with Crippen molar-refractivity contribution in [2.45, 2.75) is 20.4 Å². The van der Waals surface area contributed by atoms with Gasteiger partial charge in [-0.15, -0.1) is 0 Å². The molecule has 159 valence electrons. The van der Waals surface area contributed by atoms with E-state index in [1.807, 2.05) is 0 Å². The molecular weight excluding hydrogens is 614 g/mol. The van der Waals surface area contributed by atoms with Crippen LogP contribution in [0.25, 0.3) is 22.3 Å². The third-order valence-electron chi connectivity index (χ3n) is 7.00. The monoisotopic (exact) mass is 639 g/mol. The molecule has 0 fully saturated rings. The molecule has 0 bridgehead atoms. The van der Waals surface area contributed by atoms with Gasteiger partial charge in [-0.2, -0.15) is 0 Å². The maximum absolute atomic E-state index is 2.65. The van der Waals surface area contributed by atoms with Crippen LogP contribution in [0.5, 0.6) is 0 Å². The molecule has 0 N–H and O–H groups in total. The van der Waals surface area contributed by atoms with E-state index >= 15 is 0 Å². The fourth-order valence-corrected chi connectivity index (χ4v) is 37.4. The Kier molecular flexibility index (Phi) is 6.98. The van der Waals surface area contributed by atoms with E-state index < -0.39 is 26.6 Å². The Balaban J connectivity index is 0.00000122. The van der Waals surface area contributed by atoms with Crippen molar-refractivity contribution in [1.29, 1.82) is 0 Å². The molecule has 0 radical (unpaired) electrons. The van der Waals surface area contributed by atoms with Crippen molar-refractivity contribution in [2.24, 2.45) is 0 Å². The van der Waals surface area contributed by atoms with Gasteiger partial charge in [0.1, 0.15) is 0 Å². The van der Waals surface area contributed by atoms with Crippen molar-refractivity contribution >= 4 is 5.98 Å². The van der Waals surface area contributed by atoms with Crippen molar-refractivity contribution in [3.63, 3.8) is 0 Å². The largest absolute Gasteiger partial charge is 1.00 e. The average Bonchev–Trinajstić information content (AvgIpc) is 3.29. The summed E-state index contributed by atoms with van der Waals surface area (Å²) < 4.78 is 1.39. The van der Waals surface area contributed by atoms with Gasteiger partial charge in [-0.25, -0.2) is 0 Å². The van der Waals surface area contributed by atoms with Crippen molar-refractivity contribution in [3.05, 3.63) is 119 Å². The third-order valence-corrected chi connectivity index (χ3v) is 37.4. The summed E-state index contributed by atoms with van der Waals surface area (Å²) in [6.45, 7) is 5.30. The van der Waals surface area contributed by atoms with Gasteiger partial charge < -0.3 is 24.8 Å². The van der Waals surface area contributed by atoms with E-state index in [1.54, 1.807) is 22.3 Å². The number of halogens is 2. The van der Waals surface area contributed by atoms with Crippen molar-refractivity contribution < 1.29 is 45.4 Å². The molecule has 0 saturated heterocycles. The number of benzene rings is 4. The van der Waals surface area contributed by atoms with E-state index in [9.17, 15) is 0 Å². The summed E-state index contributed by atoms with van der Waals surface area (Å²) >= 11 is -2.21. The molecule has 4 heteroatoms. The SMILES string of the molecule is C[SiH](C)[Hf+2]([CH]1c2ccccc2-c2ccccc21)[CH]1c2ccccc2-c2ccccc21.[Cl-].[Cl-]. The van der Waals surface area contributed by atoms with E-state index in [1.165, 1.54) is 22.3 Å². The van der Waals surface area contributed by atoms with Crippen molar-refractivity contribution in [3.8, 4) is 22.3 Å². The van der Waals surface area contributed by atoms with Crippen LogP contribution < -0.4 is 24.8 Å². The van der Waals surface area contributed by atoms with Crippen LogP contribution in [0.1, 0.15) is 29.6 Å². The molecule has 0 saturated carbocycles. The van der Waals surface area contributed by atoms with Crippen LogP contribution in [0, 0.1) is 0 Å². The Morgan fingerprint density at radius 2 is 0.719 bits per heavy atom. The molecule has 0 nitrogen and oxygen atoms in total.